The van der Waals surface area contributed by atoms with Crippen LogP contribution < -0.4 is 0 Å². The fourth-order valence-electron chi connectivity index (χ4n) is 2.75. The van der Waals surface area contributed by atoms with E-state index in [1.165, 1.54) is 6.07 Å². The summed E-state index contributed by atoms with van der Waals surface area (Å²) in [6.45, 7) is 2.33. The molecule has 1 saturated carbocycles. The van der Waals surface area contributed by atoms with Gasteiger partial charge in [-0.15, -0.1) is 0 Å². The third kappa shape index (κ3) is 2.84. The first-order chi connectivity index (χ1) is 10.1. The van der Waals surface area contributed by atoms with Crippen molar-refractivity contribution >= 4 is 5.91 Å². The Balaban J connectivity index is 1.63. The first-order valence-corrected chi connectivity index (χ1v) is 7.11. The van der Waals surface area contributed by atoms with Crippen LogP contribution in [-0.2, 0) is 11.3 Å². The van der Waals surface area contributed by atoms with E-state index >= 15 is 0 Å². The highest BCUT2D eigenvalue weighted by Gasteiger charge is 2.46. The number of rotatable bonds is 4. The number of hydrogen-bond donors (Lipinski definition) is 0. The lowest BCUT2D eigenvalue weighted by Gasteiger charge is -2.15. The molecule has 1 heterocycles. The molecule has 1 aliphatic rings. The number of benzene rings is 1. The van der Waals surface area contributed by atoms with Crippen LogP contribution in [0.25, 0.3) is 0 Å². The summed E-state index contributed by atoms with van der Waals surface area (Å²) >= 11 is 0. The maximum atomic E-state index is 13.7. The van der Waals surface area contributed by atoms with E-state index in [2.05, 4.69) is 0 Å². The molecule has 0 aliphatic heterocycles. The number of hydrogen-bond acceptors (Lipinski definition) is 2. The van der Waals surface area contributed by atoms with E-state index in [-0.39, 0.29) is 23.6 Å². The maximum Gasteiger partial charge on any atom is 0.226 e. The van der Waals surface area contributed by atoms with E-state index in [0.29, 0.717) is 12.1 Å². The molecule has 21 heavy (non-hydrogen) atoms. The zero-order chi connectivity index (χ0) is 15.0. The molecule has 2 atom stereocenters. The predicted molar refractivity (Wildman–Crippen MR) is 77.2 cm³/mol. The van der Waals surface area contributed by atoms with Crippen LogP contribution >= 0.6 is 0 Å². The van der Waals surface area contributed by atoms with Gasteiger partial charge in [0.25, 0.3) is 0 Å². The Bertz CT molecular complexity index is 664. The summed E-state index contributed by atoms with van der Waals surface area (Å²) in [4.78, 5) is 14.0. The predicted octanol–water partition coefficient (Wildman–Crippen LogP) is 3.49. The number of furan rings is 1. The van der Waals surface area contributed by atoms with Crippen LogP contribution in [0, 0.1) is 18.7 Å². The van der Waals surface area contributed by atoms with Gasteiger partial charge in [0.05, 0.1) is 6.54 Å². The summed E-state index contributed by atoms with van der Waals surface area (Å²) < 4.78 is 19.2. The van der Waals surface area contributed by atoms with Gasteiger partial charge in [-0.25, -0.2) is 4.39 Å². The van der Waals surface area contributed by atoms with Crippen LogP contribution in [0.1, 0.15) is 29.4 Å². The standard InChI is InChI=1S/C17H18FNO2/c1-11-7-8-12(21-11)10-19(2)17(20)15-9-14(15)13-5-3-4-6-16(13)18/h3-8,14-15H,9-10H2,1-2H3. The van der Waals surface area contributed by atoms with Crippen molar-refractivity contribution in [3.8, 4) is 0 Å². The molecule has 1 aliphatic carbocycles. The largest absolute Gasteiger partial charge is 0.464 e. The fraction of sp³-hybridized carbons (Fsp3) is 0.353. The van der Waals surface area contributed by atoms with Crippen molar-refractivity contribution in [1.82, 2.24) is 4.90 Å². The van der Waals surface area contributed by atoms with Crippen LogP contribution in [0.15, 0.2) is 40.8 Å². The molecule has 1 fully saturated rings. The summed E-state index contributed by atoms with van der Waals surface area (Å²) in [5.74, 6) is 1.34. The van der Waals surface area contributed by atoms with Crippen molar-refractivity contribution in [3.05, 3.63) is 59.3 Å². The molecule has 2 unspecified atom stereocenters. The Hall–Kier alpha value is -2.10. The molecule has 3 rings (SSSR count). The quantitative estimate of drug-likeness (QED) is 0.862. The molecule has 0 radical (unpaired) electrons. The summed E-state index contributed by atoms with van der Waals surface area (Å²) in [7, 11) is 1.76. The Kier molecular flexibility index (Phi) is 3.53. The average molecular weight is 287 g/mol. The normalized spacial score (nSPS) is 20.3. The van der Waals surface area contributed by atoms with Gasteiger partial charge in [0, 0.05) is 13.0 Å². The summed E-state index contributed by atoms with van der Waals surface area (Å²) in [5, 5.41) is 0. The third-order valence-corrected chi connectivity index (χ3v) is 3.98. The van der Waals surface area contributed by atoms with Crippen LogP contribution in [0.3, 0.4) is 0 Å². The van der Waals surface area contributed by atoms with E-state index in [4.69, 9.17) is 4.42 Å². The summed E-state index contributed by atoms with van der Waals surface area (Å²) in [6.07, 6.45) is 0.724. The number of carbonyl (C=O) groups is 1. The van der Waals surface area contributed by atoms with Crippen molar-refractivity contribution in [2.24, 2.45) is 5.92 Å². The molecule has 2 aromatic rings. The molecule has 110 valence electrons. The number of nitrogens with zero attached hydrogens (tertiary/aromatic N) is 1. The van der Waals surface area contributed by atoms with E-state index in [9.17, 15) is 9.18 Å². The number of amides is 1. The minimum atomic E-state index is -0.220. The lowest BCUT2D eigenvalue weighted by atomic mass is 10.1. The van der Waals surface area contributed by atoms with Crippen molar-refractivity contribution in [2.45, 2.75) is 25.8 Å². The average Bonchev–Trinajstić information content (AvgIpc) is 3.15. The van der Waals surface area contributed by atoms with E-state index < -0.39 is 0 Å². The Morgan fingerprint density at radius 3 is 2.76 bits per heavy atom. The van der Waals surface area contributed by atoms with Crippen molar-refractivity contribution in [1.29, 1.82) is 0 Å². The van der Waals surface area contributed by atoms with Gasteiger partial charge in [0.1, 0.15) is 17.3 Å². The maximum absolute atomic E-state index is 13.7. The van der Waals surface area contributed by atoms with Gasteiger partial charge in [-0.2, -0.15) is 0 Å². The molecule has 3 nitrogen and oxygen atoms in total. The van der Waals surface area contributed by atoms with E-state index in [0.717, 1.165) is 17.9 Å². The molecule has 0 bridgehead atoms. The van der Waals surface area contributed by atoms with E-state index in [1.807, 2.05) is 25.1 Å². The lowest BCUT2D eigenvalue weighted by molar-refractivity contribution is -0.132. The highest BCUT2D eigenvalue weighted by atomic mass is 19.1. The van der Waals surface area contributed by atoms with Crippen molar-refractivity contribution in [3.63, 3.8) is 0 Å². The fourth-order valence-corrected chi connectivity index (χ4v) is 2.75. The molecule has 0 N–H and O–H groups in total. The second kappa shape index (κ2) is 5.35. The first kappa shape index (κ1) is 13.9. The molecule has 1 aromatic carbocycles. The van der Waals surface area contributed by atoms with Crippen molar-refractivity contribution in [2.75, 3.05) is 7.05 Å². The lowest BCUT2D eigenvalue weighted by Crippen LogP contribution is -2.27. The highest BCUT2D eigenvalue weighted by molar-refractivity contribution is 5.82. The number of aryl methyl sites for hydroxylation is 1. The Morgan fingerprint density at radius 1 is 1.33 bits per heavy atom. The highest BCUT2D eigenvalue weighted by Crippen LogP contribution is 2.49. The monoisotopic (exact) mass is 287 g/mol. The zero-order valence-electron chi connectivity index (χ0n) is 12.2. The molecule has 1 amide bonds. The minimum absolute atomic E-state index is 0.0134. The second-order valence-corrected chi connectivity index (χ2v) is 5.68. The van der Waals surface area contributed by atoms with Gasteiger partial charge in [0.2, 0.25) is 5.91 Å². The summed E-state index contributed by atoms with van der Waals surface area (Å²) in [6, 6.07) is 10.5. The van der Waals surface area contributed by atoms with Gasteiger partial charge < -0.3 is 9.32 Å². The SMILES string of the molecule is Cc1ccc(CN(C)C(=O)C2CC2c2ccccc2F)o1. The molecule has 1 aromatic heterocycles. The summed E-state index contributed by atoms with van der Waals surface area (Å²) in [5.41, 5.74) is 0.651. The molecular weight excluding hydrogens is 269 g/mol. The second-order valence-electron chi connectivity index (χ2n) is 5.68. The molecular formula is C17H18FNO2. The topological polar surface area (TPSA) is 33.5 Å². The van der Waals surface area contributed by atoms with Crippen LogP contribution in [-0.4, -0.2) is 17.9 Å². The van der Waals surface area contributed by atoms with Gasteiger partial charge in [-0.1, -0.05) is 18.2 Å². The number of halogens is 1. The molecule has 0 spiro atoms. The molecule has 0 saturated heterocycles. The third-order valence-electron chi connectivity index (χ3n) is 3.98. The van der Waals surface area contributed by atoms with Gasteiger partial charge in [-0.05, 0) is 43.0 Å². The zero-order valence-corrected chi connectivity index (χ0v) is 12.2. The smallest absolute Gasteiger partial charge is 0.226 e. The van der Waals surface area contributed by atoms with Crippen LogP contribution in [0.2, 0.25) is 0 Å². The van der Waals surface area contributed by atoms with Gasteiger partial charge >= 0.3 is 0 Å². The molecule has 4 heteroatoms. The van der Waals surface area contributed by atoms with Crippen molar-refractivity contribution < 1.29 is 13.6 Å². The van der Waals surface area contributed by atoms with E-state index in [1.54, 1.807) is 24.1 Å². The Morgan fingerprint density at radius 2 is 2.10 bits per heavy atom. The van der Waals surface area contributed by atoms with Gasteiger partial charge in [0.15, 0.2) is 0 Å². The number of carbonyl (C=O) groups excluding carboxylic acids is 1. The Labute approximate surface area is 123 Å². The van der Waals surface area contributed by atoms with Crippen LogP contribution in [0.4, 0.5) is 4.39 Å². The minimum Gasteiger partial charge on any atom is -0.464 e. The first-order valence-electron chi connectivity index (χ1n) is 7.11. The van der Waals surface area contributed by atoms with Gasteiger partial charge in [-0.3, -0.25) is 4.79 Å². The van der Waals surface area contributed by atoms with Crippen LogP contribution in [0.5, 0.6) is 0 Å².